The monoisotopic (exact) mass is 320 g/mol. The van der Waals surface area contributed by atoms with E-state index in [1.54, 1.807) is 18.2 Å². The van der Waals surface area contributed by atoms with Gasteiger partial charge in [-0.25, -0.2) is 4.79 Å². The summed E-state index contributed by atoms with van der Waals surface area (Å²) in [6.45, 7) is 7.48. The maximum absolute atomic E-state index is 11.5. The van der Waals surface area contributed by atoms with Gasteiger partial charge in [-0.15, -0.1) is 0 Å². The molecule has 1 aromatic rings. The molecule has 0 aromatic heterocycles. The van der Waals surface area contributed by atoms with Crippen LogP contribution in [0, 0.1) is 0 Å². The van der Waals surface area contributed by atoms with Crippen LogP contribution in [0.3, 0.4) is 0 Å². The highest BCUT2D eigenvalue weighted by Gasteiger charge is 2.54. The smallest absolute Gasteiger partial charge is 0.466 e. The number of carboxylic acids is 2. The van der Waals surface area contributed by atoms with Gasteiger partial charge in [0.15, 0.2) is 0 Å². The third-order valence-corrected chi connectivity index (χ3v) is 4.59. The van der Waals surface area contributed by atoms with Crippen LogP contribution < -0.4 is 0 Å². The van der Waals surface area contributed by atoms with E-state index in [-0.39, 0.29) is 12.0 Å². The molecule has 2 rings (SSSR count). The Morgan fingerprint density at radius 3 is 2.09 bits per heavy atom. The highest BCUT2D eigenvalue weighted by molar-refractivity contribution is 6.48. The Morgan fingerprint density at radius 1 is 1.09 bits per heavy atom. The minimum atomic E-state index is -1.10. The van der Waals surface area contributed by atoms with Crippen LogP contribution >= 0.6 is 0 Å². The molecular weight excluding hydrogens is 299 g/mol. The molecule has 1 aliphatic heterocycles. The van der Waals surface area contributed by atoms with Crippen molar-refractivity contribution in [3.8, 4) is 0 Å². The minimum absolute atomic E-state index is 0.0634. The van der Waals surface area contributed by atoms with Gasteiger partial charge in [0.05, 0.1) is 23.2 Å². The largest absolute Gasteiger partial charge is 0.481 e. The highest BCUT2D eigenvalue weighted by atomic mass is 16.7. The molecule has 0 radical (unpaired) electrons. The lowest BCUT2D eigenvalue weighted by molar-refractivity contribution is -0.137. The Labute approximate surface area is 135 Å². The Morgan fingerprint density at radius 2 is 1.61 bits per heavy atom. The number of hydrogen-bond donors (Lipinski definition) is 2. The molecule has 1 unspecified atom stereocenters. The molecule has 0 aliphatic carbocycles. The highest BCUT2D eigenvalue weighted by Crippen LogP contribution is 2.42. The summed E-state index contributed by atoms with van der Waals surface area (Å²) >= 11 is 0. The van der Waals surface area contributed by atoms with Crippen LogP contribution in [-0.2, 0) is 14.1 Å². The van der Waals surface area contributed by atoms with Gasteiger partial charge in [0.2, 0.25) is 0 Å². The van der Waals surface area contributed by atoms with Gasteiger partial charge in [-0.2, -0.15) is 0 Å². The van der Waals surface area contributed by atoms with Gasteiger partial charge in [-0.3, -0.25) is 4.79 Å². The summed E-state index contributed by atoms with van der Waals surface area (Å²) in [5.74, 6) is -2.85. The van der Waals surface area contributed by atoms with Crippen LogP contribution in [0.2, 0.25) is 0 Å². The van der Waals surface area contributed by atoms with Crippen LogP contribution in [0.4, 0.5) is 0 Å². The van der Waals surface area contributed by atoms with Gasteiger partial charge in [0.1, 0.15) is 0 Å². The second kappa shape index (κ2) is 5.98. The summed E-state index contributed by atoms with van der Waals surface area (Å²) in [6.07, 6.45) is -0.277. The number of aliphatic carboxylic acids is 1. The summed E-state index contributed by atoms with van der Waals surface area (Å²) in [4.78, 5) is 22.7. The molecule has 0 bridgehead atoms. The van der Waals surface area contributed by atoms with E-state index in [2.05, 4.69) is 0 Å². The second-order valence-corrected chi connectivity index (χ2v) is 6.72. The molecule has 7 heteroatoms. The van der Waals surface area contributed by atoms with Crippen molar-refractivity contribution in [3.05, 3.63) is 35.4 Å². The molecule has 124 valence electrons. The first-order chi connectivity index (χ1) is 10.5. The number of carbonyl (C=O) groups is 2. The molecule has 0 saturated carbocycles. The summed E-state index contributed by atoms with van der Waals surface area (Å²) in [5, 5.41) is 18.6. The lowest BCUT2D eigenvalue weighted by Gasteiger charge is -2.32. The number of rotatable bonds is 5. The lowest BCUT2D eigenvalue weighted by atomic mass is 9.65. The van der Waals surface area contributed by atoms with E-state index in [0.717, 1.165) is 0 Å². The molecule has 1 aromatic carbocycles. The van der Waals surface area contributed by atoms with Gasteiger partial charge in [-0.1, -0.05) is 18.2 Å². The Kier molecular flexibility index (Phi) is 4.55. The number of hydrogen-bond acceptors (Lipinski definition) is 4. The summed E-state index contributed by atoms with van der Waals surface area (Å²) in [7, 11) is -0.823. The van der Waals surface area contributed by atoms with Crippen LogP contribution in [0.15, 0.2) is 24.3 Å². The van der Waals surface area contributed by atoms with Gasteiger partial charge in [0.25, 0.3) is 0 Å². The fraction of sp³-hybridized carbons (Fsp3) is 0.500. The minimum Gasteiger partial charge on any atom is -0.481 e. The summed E-state index contributed by atoms with van der Waals surface area (Å²) < 4.78 is 11.9. The van der Waals surface area contributed by atoms with E-state index in [1.165, 1.54) is 6.07 Å². The topological polar surface area (TPSA) is 93.1 Å². The van der Waals surface area contributed by atoms with Crippen molar-refractivity contribution < 1.29 is 29.1 Å². The van der Waals surface area contributed by atoms with E-state index in [1.807, 2.05) is 27.7 Å². The Bertz CT molecular complexity index is 609. The van der Waals surface area contributed by atoms with Gasteiger partial charge in [-0.05, 0) is 39.3 Å². The van der Waals surface area contributed by atoms with Crippen LogP contribution in [-0.4, -0.2) is 40.5 Å². The summed E-state index contributed by atoms with van der Waals surface area (Å²) in [5.41, 5.74) is -0.770. The first-order valence-corrected chi connectivity index (χ1v) is 7.45. The predicted octanol–water partition coefficient (Wildman–Crippen LogP) is 2.57. The summed E-state index contributed by atoms with van der Waals surface area (Å²) in [6, 6.07) is 6.36. The van der Waals surface area contributed by atoms with E-state index in [9.17, 15) is 19.8 Å². The van der Waals surface area contributed by atoms with Crippen LogP contribution in [0.1, 0.15) is 55.9 Å². The molecule has 2 N–H and O–H groups in total. The van der Waals surface area contributed by atoms with Crippen molar-refractivity contribution in [3.63, 3.8) is 0 Å². The first-order valence-electron chi connectivity index (χ1n) is 7.45. The van der Waals surface area contributed by atoms with Crippen LogP contribution in [0.25, 0.3) is 0 Å². The molecule has 1 aliphatic rings. The zero-order chi connectivity index (χ0) is 17.4. The van der Waals surface area contributed by atoms with Crippen molar-refractivity contribution >= 4 is 19.1 Å². The van der Waals surface area contributed by atoms with Crippen molar-refractivity contribution in [1.29, 1.82) is 0 Å². The fourth-order valence-corrected chi connectivity index (χ4v) is 2.61. The zero-order valence-corrected chi connectivity index (χ0v) is 13.7. The fourth-order valence-electron chi connectivity index (χ4n) is 2.61. The molecule has 0 spiro atoms. The standard InChI is InChI=1S/C16H21BO6/c1-15(2)16(3,4)23-17(22-15)12(9-13(18)19)10-7-5-6-8-11(10)14(20)21/h5-8,12H,9H2,1-4H3,(H,18,19)(H,20,21). The molecule has 1 heterocycles. The Balaban J connectivity index is 2.44. The quantitative estimate of drug-likeness (QED) is 0.810. The zero-order valence-electron chi connectivity index (χ0n) is 13.7. The van der Waals surface area contributed by atoms with Crippen molar-refractivity contribution in [2.24, 2.45) is 0 Å². The normalized spacial score (nSPS) is 20.3. The molecule has 1 fully saturated rings. The molecule has 23 heavy (non-hydrogen) atoms. The predicted molar refractivity (Wildman–Crippen MR) is 84.5 cm³/mol. The third kappa shape index (κ3) is 3.40. The molecule has 1 saturated heterocycles. The number of aromatic carboxylic acids is 1. The van der Waals surface area contributed by atoms with Gasteiger partial charge >= 0.3 is 19.1 Å². The van der Waals surface area contributed by atoms with Crippen LogP contribution in [0.5, 0.6) is 0 Å². The van der Waals surface area contributed by atoms with Gasteiger partial charge in [0, 0.05) is 5.82 Å². The molecule has 0 amide bonds. The van der Waals surface area contributed by atoms with E-state index in [4.69, 9.17) is 9.31 Å². The number of benzene rings is 1. The molecular formula is C16H21BO6. The van der Waals surface area contributed by atoms with E-state index >= 15 is 0 Å². The van der Waals surface area contributed by atoms with Crippen molar-refractivity contribution in [1.82, 2.24) is 0 Å². The average molecular weight is 320 g/mol. The van der Waals surface area contributed by atoms with E-state index in [0.29, 0.717) is 5.56 Å². The van der Waals surface area contributed by atoms with Crippen molar-refractivity contribution in [2.45, 2.75) is 51.1 Å². The van der Waals surface area contributed by atoms with E-state index < -0.39 is 36.1 Å². The maximum Gasteiger partial charge on any atom is 0.466 e. The molecule has 6 nitrogen and oxygen atoms in total. The number of carboxylic acid groups (broad SMARTS) is 2. The second-order valence-electron chi connectivity index (χ2n) is 6.72. The SMILES string of the molecule is CC1(C)OB(C(CC(=O)O)c2ccccc2C(=O)O)OC1(C)C. The third-order valence-electron chi connectivity index (χ3n) is 4.59. The average Bonchev–Trinajstić information content (AvgIpc) is 2.64. The maximum atomic E-state index is 11.5. The van der Waals surface area contributed by atoms with Crippen molar-refractivity contribution in [2.75, 3.05) is 0 Å². The lowest BCUT2D eigenvalue weighted by Crippen LogP contribution is -2.41. The van der Waals surface area contributed by atoms with Gasteiger partial charge < -0.3 is 19.5 Å². The molecule has 1 atom stereocenters. The first kappa shape index (κ1) is 17.5. The Hall–Kier alpha value is -1.86.